The second-order valence-corrected chi connectivity index (χ2v) is 8.49. The number of carbonyl (C=O) groups is 1. The van der Waals surface area contributed by atoms with Crippen LogP contribution >= 0.6 is 0 Å². The number of aryl methyl sites for hydroxylation is 1. The molecule has 1 saturated heterocycles. The summed E-state index contributed by atoms with van der Waals surface area (Å²) < 4.78 is 32.7. The molecule has 0 unspecified atom stereocenters. The van der Waals surface area contributed by atoms with Crippen LogP contribution in [0.5, 0.6) is 5.75 Å². The van der Waals surface area contributed by atoms with E-state index in [9.17, 15) is 13.2 Å². The van der Waals surface area contributed by atoms with Gasteiger partial charge in [-0.2, -0.15) is 0 Å². The molecule has 1 fully saturated rings. The van der Waals surface area contributed by atoms with E-state index in [1.807, 2.05) is 13.8 Å². The predicted octanol–water partition coefficient (Wildman–Crippen LogP) is 3.06. The van der Waals surface area contributed by atoms with Crippen LogP contribution in [0.2, 0.25) is 0 Å². The maximum absolute atomic E-state index is 13.1. The highest BCUT2D eigenvalue weighted by molar-refractivity contribution is 7.92. The van der Waals surface area contributed by atoms with Gasteiger partial charge in [-0.1, -0.05) is 6.07 Å². The smallest absolute Gasteiger partial charge is 0.264 e. The summed E-state index contributed by atoms with van der Waals surface area (Å²) in [5, 5.41) is 0. The molecule has 0 N–H and O–H groups in total. The highest BCUT2D eigenvalue weighted by Crippen LogP contribution is 2.26. The first kappa shape index (κ1) is 19.2. The molecule has 27 heavy (non-hydrogen) atoms. The van der Waals surface area contributed by atoms with Crippen LogP contribution in [0.1, 0.15) is 29.3 Å². The highest BCUT2D eigenvalue weighted by atomic mass is 32.2. The Morgan fingerprint density at radius 1 is 1.15 bits per heavy atom. The molecule has 0 aromatic heterocycles. The van der Waals surface area contributed by atoms with Crippen LogP contribution in [0.4, 0.5) is 5.69 Å². The van der Waals surface area contributed by atoms with Gasteiger partial charge < -0.3 is 9.64 Å². The number of carbonyl (C=O) groups excluding carboxylic acids is 1. The molecule has 0 bridgehead atoms. The number of anilines is 1. The third-order valence-corrected chi connectivity index (χ3v) is 6.53. The van der Waals surface area contributed by atoms with Crippen LogP contribution < -0.4 is 9.04 Å². The van der Waals surface area contributed by atoms with Crippen LogP contribution in [-0.2, 0) is 10.0 Å². The minimum atomic E-state index is -3.78. The molecule has 2 aromatic rings. The third kappa shape index (κ3) is 3.78. The van der Waals surface area contributed by atoms with E-state index in [1.54, 1.807) is 41.3 Å². The standard InChI is InChI=1S/C20H24N2O4S/c1-4-26-17-9-7-16(8-10-17)21(3)27(24,25)18-11-6-15(2)19(14-18)20(23)22-12-5-13-22/h6-11,14H,4-5,12-13H2,1-3H3. The molecular formula is C20H24N2O4S. The zero-order valence-corrected chi connectivity index (χ0v) is 16.6. The molecule has 0 aliphatic carbocycles. The molecular weight excluding hydrogens is 364 g/mol. The van der Waals surface area contributed by atoms with E-state index in [2.05, 4.69) is 0 Å². The fourth-order valence-corrected chi connectivity index (χ4v) is 4.12. The van der Waals surface area contributed by atoms with Crippen molar-refractivity contribution in [3.63, 3.8) is 0 Å². The molecule has 0 saturated carbocycles. The molecule has 0 spiro atoms. The van der Waals surface area contributed by atoms with Crippen molar-refractivity contribution in [1.82, 2.24) is 4.90 Å². The van der Waals surface area contributed by atoms with E-state index in [1.165, 1.54) is 17.4 Å². The Morgan fingerprint density at radius 3 is 2.37 bits per heavy atom. The van der Waals surface area contributed by atoms with Crippen molar-refractivity contribution in [2.45, 2.75) is 25.2 Å². The molecule has 1 aliphatic rings. The van der Waals surface area contributed by atoms with Crippen LogP contribution in [0.3, 0.4) is 0 Å². The lowest BCUT2D eigenvalue weighted by atomic mass is 10.1. The highest BCUT2D eigenvalue weighted by Gasteiger charge is 2.27. The Hall–Kier alpha value is -2.54. The summed E-state index contributed by atoms with van der Waals surface area (Å²) in [4.78, 5) is 14.4. The number of benzene rings is 2. The van der Waals surface area contributed by atoms with Gasteiger partial charge in [-0.15, -0.1) is 0 Å². The van der Waals surface area contributed by atoms with Crippen LogP contribution in [0.15, 0.2) is 47.4 Å². The minimum Gasteiger partial charge on any atom is -0.494 e. The van der Waals surface area contributed by atoms with Crippen molar-refractivity contribution >= 4 is 21.6 Å². The van der Waals surface area contributed by atoms with Gasteiger partial charge >= 0.3 is 0 Å². The number of ether oxygens (including phenoxy) is 1. The molecule has 1 heterocycles. The monoisotopic (exact) mass is 388 g/mol. The molecule has 1 amide bonds. The van der Waals surface area contributed by atoms with Crippen molar-refractivity contribution in [3.8, 4) is 5.75 Å². The van der Waals surface area contributed by atoms with Gasteiger partial charge in [0.05, 0.1) is 17.2 Å². The third-order valence-electron chi connectivity index (χ3n) is 4.75. The number of sulfonamides is 1. The number of likely N-dealkylation sites (tertiary alicyclic amines) is 1. The van der Waals surface area contributed by atoms with Crippen LogP contribution in [-0.4, -0.2) is 46.0 Å². The molecule has 144 valence electrons. The lowest BCUT2D eigenvalue weighted by Crippen LogP contribution is -2.42. The SMILES string of the molecule is CCOc1ccc(N(C)S(=O)(=O)c2ccc(C)c(C(=O)N3CCC3)c2)cc1. The van der Waals surface area contributed by atoms with Crippen molar-refractivity contribution in [3.05, 3.63) is 53.6 Å². The Labute approximate surface area is 160 Å². The predicted molar refractivity (Wildman–Crippen MR) is 105 cm³/mol. The summed E-state index contributed by atoms with van der Waals surface area (Å²) in [7, 11) is -2.28. The minimum absolute atomic E-state index is 0.105. The molecule has 1 aliphatic heterocycles. The number of rotatable bonds is 6. The Bertz CT molecular complexity index is 935. The summed E-state index contributed by atoms with van der Waals surface area (Å²) in [6, 6.07) is 11.6. The topological polar surface area (TPSA) is 66.9 Å². The van der Waals surface area contributed by atoms with Gasteiger partial charge in [0.2, 0.25) is 0 Å². The molecule has 0 radical (unpaired) electrons. The number of nitrogens with zero attached hydrogens (tertiary/aromatic N) is 2. The van der Waals surface area contributed by atoms with Crippen LogP contribution in [0.25, 0.3) is 0 Å². The average Bonchev–Trinajstić information content (AvgIpc) is 2.60. The average molecular weight is 388 g/mol. The van der Waals surface area contributed by atoms with E-state index in [4.69, 9.17) is 4.74 Å². The van der Waals surface area contributed by atoms with Gasteiger partial charge in [0, 0.05) is 25.7 Å². The summed E-state index contributed by atoms with van der Waals surface area (Å²) in [5.41, 5.74) is 1.74. The van der Waals surface area contributed by atoms with Gasteiger partial charge in [0.15, 0.2) is 0 Å². The molecule has 7 heteroatoms. The first-order valence-electron chi connectivity index (χ1n) is 8.96. The quantitative estimate of drug-likeness (QED) is 0.763. The molecule has 6 nitrogen and oxygen atoms in total. The normalized spacial score (nSPS) is 13.8. The maximum atomic E-state index is 13.1. The van der Waals surface area contributed by atoms with Gasteiger partial charge in [0.25, 0.3) is 15.9 Å². The van der Waals surface area contributed by atoms with E-state index in [0.29, 0.717) is 23.6 Å². The van der Waals surface area contributed by atoms with Crippen molar-refractivity contribution < 1.29 is 17.9 Å². The number of amides is 1. The fraction of sp³-hybridized carbons (Fsp3) is 0.350. The number of hydrogen-bond acceptors (Lipinski definition) is 4. The largest absolute Gasteiger partial charge is 0.494 e. The Kier molecular flexibility index (Phi) is 5.41. The second kappa shape index (κ2) is 7.60. The first-order chi connectivity index (χ1) is 12.8. The van der Waals surface area contributed by atoms with Gasteiger partial charge in [-0.25, -0.2) is 8.42 Å². The van der Waals surface area contributed by atoms with Crippen molar-refractivity contribution in [2.24, 2.45) is 0 Å². The van der Waals surface area contributed by atoms with Gasteiger partial charge in [0.1, 0.15) is 5.75 Å². The van der Waals surface area contributed by atoms with E-state index in [-0.39, 0.29) is 10.8 Å². The summed E-state index contributed by atoms with van der Waals surface area (Å²) in [6.07, 6.45) is 0.989. The van der Waals surface area contributed by atoms with Crippen molar-refractivity contribution in [1.29, 1.82) is 0 Å². The zero-order valence-electron chi connectivity index (χ0n) is 15.8. The van der Waals surface area contributed by atoms with E-state index in [0.717, 1.165) is 25.1 Å². The summed E-state index contributed by atoms with van der Waals surface area (Å²) >= 11 is 0. The summed E-state index contributed by atoms with van der Waals surface area (Å²) in [6.45, 7) is 5.70. The van der Waals surface area contributed by atoms with E-state index < -0.39 is 10.0 Å². The maximum Gasteiger partial charge on any atom is 0.264 e. The first-order valence-corrected chi connectivity index (χ1v) is 10.4. The second-order valence-electron chi connectivity index (χ2n) is 6.52. The lowest BCUT2D eigenvalue weighted by molar-refractivity contribution is 0.0651. The fourth-order valence-electron chi connectivity index (χ4n) is 2.90. The molecule has 3 rings (SSSR count). The molecule has 2 aromatic carbocycles. The molecule has 0 atom stereocenters. The van der Waals surface area contributed by atoms with E-state index >= 15 is 0 Å². The summed E-state index contributed by atoms with van der Waals surface area (Å²) in [5.74, 6) is 0.573. The Balaban J connectivity index is 1.90. The number of hydrogen-bond donors (Lipinski definition) is 0. The van der Waals surface area contributed by atoms with Crippen molar-refractivity contribution in [2.75, 3.05) is 31.0 Å². The van der Waals surface area contributed by atoms with Crippen LogP contribution in [0, 0.1) is 6.92 Å². The zero-order chi connectivity index (χ0) is 19.6. The van der Waals surface area contributed by atoms with Gasteiger partial charge in [-0.3, -0.25) is 9.10 Å². The lowest BCUT2D eigenvalue weighted by Gasteiger charge is -2.31. The van der Waals surface area contributed by atoms with Gasteiger partial charge in [-0.05, 0) is 62.2 Å². The Morgan fingerprint density at radius 2 is 1.81 bits per heavy atom.